The molecule has 1 aliphatic rings. The topological polar surface area (TPSA) is 71.0 Å². The molecule has 3 rings (SSSR count). The van der Waals surface area contributed by atoms with E-state index in [4.69, 9.17) is 9.73 Å². The standard InChI is InChI=1S/C26H33N3O3/c1-6-18(2)22-23(30)29(25(28-22)27-20-15-11-8-12-16-20)21(24(31)32-26(3,4)5)17-19-13-9-7-10-14-19/h7-16,18,21-22H,6,17H2,1-5H3,(H,27,28)/t18?,21-,22-/m0/s1. The third-order valence-electron chi connectivity index (χ3n) is 5.46. The van der Waals surface area contributed by atoms with Crippen molar-refractivity contribution < 1.29 is 14.3 Å². The van der Waals surface area contributed by atoms with E-state index in [1.54, 1.807) is 0 Å². The molecule has 2 aromatic rings. The number of esters is 1. The Bertz CT molecular complexity index is 951. The van der Waals surface area contributed by atoms with Crippen LogP contribution in [0.1, 0.15) is 46.6 Å². The third kappa shape index (κ3) is 5.75. The highest BCUT2D eigenvalue weighted by molar-refractivity contribution is 6.12. The van der Waals surface area contributed by atoms with Gasteiger partial charge in [-0.1, -0.05) is 68.8 Å². The van der Waals surface area contributed by atoms with Crippen molar-refractivity contribution in [2.75, 3.05) is 5.32 Å². The lowest BCUT2D eigenvalue weighted by Crippen LogP contribution is -2.52. The third-order valence-corrected chi connectivity index (χ3v) is 5.46. The number of anilines is 1. The van der Waals surface area contributed by atoms with Gasteiger partial charge in [0.2, 0.25) is 5.96 Å². The van der Waals surface area contributed by atoms with Crippen LogP contribution in [0, 0.1) is 5.92 Å². The molecule has 0 saturated heterocycles. The van der Waals surface area contributed by atoms with Crippen molar-refractivity contribution in [2.24, 2.45) is 10.9 Å². The van der Waals surface area contributed by atoms with Gasteiger partial charge >= 0.3 is 5.97 Å². The van der Waals surface area contributed by atoms with E-state index < -0.39 is 23.7 Å². The molecule has 170 valence electrons. The van der Waals surface area contributed by atoms with E-state index in [2.05, 4.69) is 5.32 Å². The lowest BCUT2D eigenvalue weighted by atomic mass is 9.98. The minimum Gasteiger partial charge on any atom is -0.458 e. The summed E-state index contributed by atoms with van der Waals surface area (Å²) in [5, 5.41) is 3.26. The number of guanidine groups is 1. The second-order valence-electron chi connectivity index (χ2n) is 9.22. The Labute approximate surface area is 190 Å². The maximum absolute atomic E-state index is 13.6. The molecule has 1 amide bonds. The Morgan fingerprint density at radius 3 is 2.25 bits per heavy atom. The van der Waals surface area contributed by atoms with E-state index in [0.29, 0.717) is 12.4 Å². The molecule has 0 fully saturated rings. The van der Waals surface area contributed by atoms with E-state index in [1.165, 1.54) is 4.90 Å². The van der Waals surface area contributed by atoms with Gasteiger partial charge in [0, 0.05) is 12.1 Å². The molecule has 0 aromatic heterocycles. The molecule has 0 saturated carbocycles. The minimum atomic E-state index is -0.826. The van der Waals surface area contributed by atoms with Crippen molar-refractivity contribution in [3.05, 3.63) is 66.2 Å². The summed E-state index contributed by atoms with van der Waals surface area (Å²) in [5.41, 5.74) is 1.08. The molecular formula is C26H33N3O3. The van der Waals surface area contributed by atoms with Crippen LogP contribution in [0.15, 0.2) is 65.7 Å². The Kier molecular flexibility index (Phi) is 7.33. The molecular weight excluding hydrogens is 402 g/mol. The largest absolute Gasteiger partial charge is 0.458 e. The number of hydrogen-bond acceptors (Lipinski definition) is 5. The van der Waals surface area contributed by atoms with Crippen molar-refractivity contribution in [1.29, 1.82) is 0 Å². The van der Waals surface area contributed by atoms with E-state index in [0.717, 1.165) is 17.7 Å². The van der Waals surface area contributed by atoms with Crippen molar-refractivity contribution in [1.82, 2.24) is 4.90 Å². The highest BCUT2D eigenvalue weighted by atomic mass is 16.6. The van der Waals surface area contributed by atoms with Crippen molar-refractivity contribution in [2.45, 2.75) is 65.1 Å². The Morgan fingerprint density at radius 1 is 1.09 bits per heavy atom. The van der Waals surface area contributed by atoms with E-state index >= 15 is 0 Å². The van der Waals surface area contributed by atoms with Gasteiger partial charge in [-0.2, -0.15) is 0 Å². The fourth-order valence-electron chi connectivity index (χ4n) is 3.62. The van der Waals surface area contributed by atoms with Gasteiger partial charge in [0.15, 0.2) is 0 Å². The average molecular weight is 436 g/mol. The van der Waals surface area contributed by atoms with Gasteiger partial charge in [-0.25, -0.2) is 9.79 Å². The van der Waals surface area contributed by atoms with Gasteiger partial charge in [-0.3, -0.25) is 9.69 Å². The second-order valence-corrected chi connectivity index (χ2v) is 9.22. The number of rotatable bonds is 7. The van der Waals surface area contributed by atoms with E-state index in [-0.39, 0.29) is 11.8 Å². The average Bonchev–Trinajstić information content (AvgIpc) is 3.07. The summed E-state index contributed by atoms with van der Waals surface area (Å²) in [7, 11) is 0. The molecule has 0 radical (unpaired) electrons. The lowest BCUT2D eigenvalue weighted by Gasteiger charge is -2.31. The summed E-state index contributed by atoms with van der Waals surface area (Å²) in [6.07, 6.45) is 1.15. The van der Waals surface area contributed by atoms with Crippen LogP contribution in [-0.2, 0) is 20.7 Å². The monoisotopic (exact) mass is 435 g/mol. The first-order valence-corrected chi connectivity index (χ1v) is 11.2. The van der Waals surface area contributed by atoms with Crippen LogP contribution in [-0.4, -0.2) is 40.4 Å². The Morgan fingerprint density at radius 2 is 1.69 bits per heavy atom. The van der Waals surface area contributed by atoms with Crippen molar-refractivity contribution in [3.8, 4) is 0 Å². The van der Waals surface area contributed by atoms with Gasteiger partial charge in [0.1, 0.15) is 17.7 Å². The molecule has 0 bridgehead atoms. The van der Waals surface area contributed by atoms with Crippen molar-refractivity contribution >= 4 is 23.5 Å². The molecule has 0 aliphatic carbocycles. The van der Waals surface area contributed by atoms with Crippen LogP contribution in [0.5, 0.6) is 0 Å². The van der Waals surface area contributed by atoms with E-state index in [1.807, 2.05) is 95.3 Å². The predicted octanol–water partition coefficient (Wildman–Crippen LogP) is 4.66. The van der Waals surface area contributed by atoms with Gasteiger partial charge < -0.3 is 10.1 Å². The number of aliphatic imine (C=N–C) groups is 1. The number of nitrogens with zero attached hydrogens (tertiary/aromatic N) is 2. The van der Waals surface area contributed by atoms with Crippen LogP contribution >= 0.6 is 0 Å². The fraction of sp³-hybridized carbons (Fsp3) is 0.423. The van der Waals surface area contributed by atoms with Gasteiger partial charge in [-0.15, -0.1) is 0 Å². The quantitative estimate of drug-likeness (QED) is 0.642. The number of amides is 1. The maximum atomic E-state index is 13.6. The van der Waals surface area contributed by atoms with Gasteiger partial charge in [0.25, 0.3) is 5.91 Å². The summed E-state index contributed by atoms with van der Waals surface area (Å²) < 4.78 is 5.74. The van der Waals surface area contributed by atoms with Gasteiger partial charge in [0.05, 0.1) is 0 Å². The molecule has 32 heavy (non-hydrogen) atoms. The smallest absolute Gasteiger partial charge is 0.330 e. The minimum absolute atomic E-state index is 0.0519. The number of ether oxygens (including phenoxy) is 1. The zero-order chi connectivity index (χ0) is 23.3. The Hall–Kier alpha value is -3.15. The molecule has 1 aliphatic heterocycles. The zero-order valence-corrected chi connectivity index (χ0v) is 19.5. The molecule has 6 nitrogen and oxygen atoms in total. The molecule has 1 unspecified atom stereocenters. The summed E-state index contributed by atoms with van der Waals surface area (Å²) in [6.45, 7) is 9.53. The van der Waals surface area contributed by atoms with Crippen LogP contribution < -0.4 is 5.32 Å². The van der Waals surface area contributed by atoms with E-state index in [9.17, 15) is 9.59 Å². The number of carbonyl (C=O) groups is 2. The van der Waals surface area contributed by atoms with Crippen LogP contribution in [0.2, 0.25) is 0 Å². The molecule has 1 N–H and O–H groups in total. The molecule has 2 aromatic carbocycles. The van der Waals surface area contributed by atoms with Crippen LogP contribution in [0.25, 0.3) is 0 Å². The van der Waals surface area contributed by atoms with Crippen LogP contribution in [0.4, 0.5) is 5.69 Å². The van der Waals surface area contributed by atoms with Crippen molar-refractivity contribution in [3.63, 3.8) is 0 Å². The summed E-state index contributed by atoms with van der Waals surface area (Å²) >= 11 is 0. The second kappa shape index (κ2) is 9.98. The normalized spacial score (nSPS) is 18.2. The number of benzene rings is 2. The maximum Gasteiger partial charge on any atom is 0.330 e. The van der Waals surface area contributed by atoms with Crippen LogP contribution in [0.3, 0.4) is 0 Å². The molecule has 6 heteroatoms. The number of para-hydroxylation sites is 1. The summed E-state index contributed by atoms with van der Waals surface area (Å²) in [5.74, 6) is -0.180. The predicted molar refractivity (Wildman–Crippen MR) is 127 cm³/mol. The molecule has 1 heterocycles. The number of carbonyl (C=O) groups excluding carboxylic acids is 2. The SMILES string of the molecule is CCC(C)[C@@H]1N=C(Nc2ccccc2)N([C@@H](Cc2ccccc2)C(=O)OC(C)(C)C)C1=O. The lowest BCUT2D eigenvalue weighted by molar-refractivity contribution is -0.162. The summed E-state index contributed by atoms with van der Waals surface area (Å²) in [4.78, 5) is 33.1. The highest BCUT2D eigenvalue weighted by Crippen LogP contribution is 2.26. The van der Waals surface area contributed by atoms with Gasteiger partial charge in [-0.05, 0) is 44.4 Å². The first-order valence-electron chi connectivity index (χ1n) is 11.2. The Balaban J connectivity index is 2.00. The summed E-state index contributed by atoms with van der Waals surface area (Å²) in [6, 6.07) is 17.9. The fourth-order valence-corrected chi connectivity index (χ4v) is 3.62. The zero-order valence-electron chi connectivity index (χ0n) is 19.5. The first-order chi connectivity index (χ1) is 15.2. The first kappa shape index (κ1) is 23.5. The highest BCUT2D eigenvalue weighted by Gasteiger charge is 2.44. The molecule has 3 atom stereocenters. The number of hydrogen-bond donors (Lipinski definition) is 1. The molecule has 0 spiro atoms. The number of nitrogens with one attached hydrogen (secondary N) is 1.